The zero-order chi connectivity index (χ0) is 26.3. The van der Waals surface area contributed by atoms with Crippen LogP contribution in [-0.4, -0.2) is 57.6 Å². The summed E-state index contributed by atoms with van der Waals surface area (Å²) in [5, 5.41) is 3.42. The number of carbonyl (C=O) groups is 2. The predicted molar refractivity (Wildman–Crippen MR) is 140 cm³/mol. The van der Waals surface area contributed by atoms with Crippen molar-refractivity contribution in [2.45, 2.75) is 39.8 Å². The number of nitrogens with zero attached hydrogens (tertiary/aromatic N) is 2. The summed E-state index contributed by atoms with van der Waals surface area (Å²) in [7, 11) is -2.45. The molecule has 0 aliphatic heterocycles. The number of halogens is 2. The summed E-state index contributed by atoms with van der Waals surface area (Å²) >= 11 is 12.2. The summed E-state index contributed by atoms with van der Waals surface area (Å²) < 4.78 is 31.9. The molecule has 0 saturated heterocycles. The van der Waals surface area contributed by atoms with Crippen LogP contribution in [0.15, 0.2) is 36.4 Å². The van der Waals surface area contributed by atoms with E-state index in [1.165, 1.54) is 12.0 Å². The Kier molecular flexibility index (Phi) is 10.2. The third kappa shape index (κ3) is 7.49. The van der Waals surface area contributed by atoms with E-state index >= 15 is 0 Å². The third-order valence-electron chi connectivity index (χ3n) is 5.36. The molecule has 0 fully saturated rings. The Hall–Kier alpha value is -2.49. The number of benzene rings is 2. The monoisotopic (exact) mass is 543 g/mol. The second-order valence-electron chi connectivity index (χ2n) is 8.03. The molecule has 0 aliphatic rings. The normalized spacial score (nSPS) is 12.1. The third-order valence-corrected chi connectivity index (χ3v) is 7.22. The topological polar surface area (TPSA) is 96.0 Å². The van der Waals surface area contributed by atoms with Crippen LogP contribution in [0.4, 0.5) is 5.69 Å². The first-order chi connectivity index (χ1) is 16.4. The van der Waals surface area contributed by atoms with Crippen molar-refractivity contribution in [2.75, 3.05) is 30.8 Å². The molecule has 2 amide bonds. The molecule has 11 heteroatoms. The molecule has 2 rings (SSSR count). The maximum absolute atomic E-state index is 13.7. The minimum atomic E-state index is -3.88. The Morgan fingerprint density at radius 3 is 2.31 bits per heavy atom. The number of sulfonamides is 1. The molecule has 1 atom stereocenters. The van der Waals surface area contributed by atoms with Gasteiger partial charge in [0.2, 0.25) is 21.8 Å². The average molecular weight is 545 g/mol. The van der Waals surface area contributed by atoms with Crippen LogP contribution < -0.4 is 14.4 Å². The molecule has 0 bridgehead atoms. The number of aryl methyl sites for hydroxylation is 1. The lowest BCUT2D eigenvalue weighted by Gasteiger charge is -2.33. The molecule has 0 radical (unpaired) electrons. The lowest BCUT2D eigenvalue weighted by Crippen LogP contribution is -2.52. The number of hydrogen-bond acceptors (Lipinski definition) is 5. The van der Waals surface area contributed by atoms with Gasteiger partial charge in [0.05, 0.1) is 29.1 Å². The van der Waals surface area contributed by atoms with Crippen LogP contribution in [0.2, 0.25) is 10.0 Å². The molecular formula is C24H31Cl2N3O5S. The molecule has 192 valence electrons. The van der Waals surface area contributed by atoms with Gasteiger partial charge in [0.15, 0.2) is 0 Å². The van der Waals surface area contributed by atoms with E-state index in [9.17, 15) is 18.0 Å². The Morgan fingerprint density at radius 2 is 1.77 bits per heavy atom. The number of hydrogen-bond donors (Lipinski definition) is 1. The first kappa shape index (κ1) is 28.7. The standard InChI is InChI=1S/C24H31Cl2N3O5S/c1-6-20(24(31)27-7-2)28(14-17-9-10-18(25)19(26)13-17)23(30)15-29(35(5,32)33)21-12-16(3)8-11-22(21)34-4/h8-13,20H,6-7,14-15H2,1-5H3,(H,27,31)/t20-/m0/s1. The smallest absolute Gasteiger partial charge is 0.244 e. The van der Waals surface area contributed by atoms with E-state index in [0.717, 1.165) is 16.1 Å². The van der Waals surface area contributed by atoms with E-state index in [1.807, 2.05) is 6.92 Å². The number of nitrogens with one attached hydrogen (secondary N) is 1. The number of carbonyl (C=O) groups excluding carboxylic acids is 2. The molecule has 0 aromatic heterocycles. The van der Waals surface area contributed by atoms with Crippen LogP contribution in [0.1, 0.15) is 31.4 Å². The molecule has 2 aromatic rings. The first-order valence-corrected chi connectivity index (χ1v) is 13.7. The summed E-state index contributed by atoms with van der Waals surface area (Å²) in [6, 6.07) is 9.17. The lowest BCUT2D eigenvalue weighted by molar-refractivity contribution is -0.140. The van der Waals surface area contributed by atoms with Gasteiger partial charge in [0, 0.05) is 13.1 Å². The average Bonchev–Trinajstić information content (AvgIpc) is 2.79. The van der Waals surface area contributed by atoms with Crippen LogP contribution in [-0.2, 0) is 26.2 Å². The molecular weight excluding hydrogens is 513 g/mol. The Balaban J connectivity index is 2.52. The van der Waals surface area contributed by atoms with Crippen molar-refractivity contribution in [1.82, 2.24) is 10.2 Å². The fourth-order valence-corrected chi connectivity index (χ4v) is 4.80. The number of methoxy groups -OCH3 is 1. The van der Waals surface area contributed by atoms with E-state index in [2.05, 4.69) is 5.32 Å². The number of ether oxygens (including phenoxy) is 1. The molecule has 1 N–H and O–H groups in total. The van der Waals surface area contributed by atoms with Crippen molar-refractivity contribution in [3.8, 4) is 5.75 Å². The van der Waals surface area contributed by atoms with Gasteiger partial charge in [-0.05, 0) is 55.7 Å². The lowest BCUT2D eigenvalue weighted by atomic mass is 10.1. The van der Waals surface area contributed by atoms with Crippen LogP contribution >= 0.6 is 23.2 Å². The minimum absolute atomic E-state index is 0.0356. The van der Waals surface area contributed by atoms with Gasteiger partial charge in [-0.25, -0.2) is 8.42 Å². The van der Waals surface area contributed by atoms with Crippen molar-refractivity contribution in [2.24, 2.45) is 0 Å². The molecule has 35 heavy (non-hydrogen) atoms. The maximum Gasteiger partial charge on any atom is 0.244 e. The number of likely N-dealkylation sites (N-methyl/N-ethyl adjacent to an activating group) is 1. The molecule has 8 nitrogen and oxygen atoms in total. The Labute approximate surface area is 217 Å². The largest absolute Gasteiger partial charge is 0.495 e. The molecule has 0 heterocycles. The van der Waals surface area contributed by atoms with Gasteiger partial charge in [-0.3, -0.25) is 13.9 Å². The Bertz CT molecular complexity index is 1170. The molecule has 2 aromatic carbocycles. The highest BCUT2D eigenvalue weighted by Crippen LogP contribution is 2.31. The minimum Gasteiger partial charge on any atom is -0.495 e. The van der Waals surface area contributed by atoms with E-state index in [4.69, 9.17) is 27.9 Å². The van der Waals surface area contributed by atoms with Crippen molar-refractivity contribution in [3.63, 3.8) is 0 Å². The summed E-state index contributed by atoms with van der Waals surface area (Å²) in [6.07, 6.45) is 1.35. The molecule has 0 spiro atoms. The SMILES string of the molecule is CCNC(=O)[C@H](CC)N(Cc1ccc(Cl)c(Cl)c1)C(=O)CN(c1cc(C)ccc1OC)S(C)(=O)=O. The maximum atomic E-state index is 13.7. The fraction of sp³-hybridized carbons (Fsp3) is 0.417. The van der Waals surface area contributed by atoms with Gasteiger partial charge in [-0.2, -0.15) is 0 Å². The first-order valence-electron chi connectivity index (χ1n) is 11.1. The van der Waals surface area contributed by atoms with E-state index in [0.29, 0.717) is 34.3 Å². The second-order valence-corrected chi connectivity index (χ2v) is 10.8. The van der Waals surface area contributed by atoms with Gasteiger partial charge < -0.3 is 15.0 Å². The van der Waals surface area contributed by atoms with Crippen molar-refractivity contribution < 1.29 is 22.7 Å². The van der Waals surface area contributed by atoms with Gasteiger partial charge in [-0.15, -0.1) is 0 Å². The van der Waals surface area contributed by atoms with Crippen LogP contribution in [0.25, 0.3) is 0 Å². The number of anilines is 1. The van der Waals surface area contributed by atoms with Crippen LogP contribution in [0, 0.1) is 6.92 Å². The summed E-state index contributed by atoms with van der Waals surface area (Å²) in [5.41, 5.74) is 1.68. The summed E-state index contributed by atoms with van der Waals surface area (Å²) in [6.45, 7) is 5.28. The molecule has 0 aliphatic carbocycles. The predicted octanol–water partition coefficient (Wildman–Crippen LogP) is 4.02. The van der Waals surface area contributed by atoms with Crippen molar-refractivity contribution in [1.29, 1.82) is 0 Å². The fourth-order valence-electron chi connectivity index (χ4n) is 3.64. The van der Waals surface area contributed by atoms with Gasteiger partial charge in [0.1, 0.15) is 18.3 Å². The molecule has 0 saturated carbocycles. The zero-order valence-electron chi connectivity index (χ0n) is 20.5. The van der Waals surface area contributed by atoms with Crippen LogP contribution in [0.5, 0.6) is 5.75 Å². The van der Waals surface area contributed by atoms with E-state index in [-0.39, 0.29) is 18.1 Å². The molecule has 0 unspecified atom stereocenters. The summed E-state index contributed by atoms with van der Waals surface area (Å²) in [5.74, 6) is -0.578. The highest BCUT2D eigenvalue weighted by molar-refractivity contribution is 7.92. The highest BCUT2D eigenvalue weighted by Gasteiger charge is 2.32. The zero-order valence-corrected chi connectivity index (χ0v) is 22.8. The highest BCUT2D eigenvalue weighted by atomic mass is 35.5. The van der Waals surface area contributed by atoms with Gasteiger partial charge in [0.25, 0.3) is 0 Å². The van der Waals surface area contributed by atoms with Crippen molar-refractivity contribution >= 4 is 50.7 Å². The van der Waals surface area contributed by atoms with Gasteiger partial charge in [-0.1, -0.05) is 42.3 Å². The Morgan fingerprint density at radius 1 is 1.09 bits per heavy atom. The van der Waals surface area contributed by atoms with Gasteiger partial charge >= 0.3 is 0 Å². The second kappa shape index (κ2) is 12.5. The quantitative estimate of drug-likeness (QED) is 0.461. The number of rotatable bonds is 11. The van der Waals surface area contributed by atoms with Crippen molar-refractivity contribution in [3.05, 3.63) is 57.6 Å². The number of amides is 2. The van der Waals surface area contributed by atoms with Crippen LogP contribution in [0.3, 0.4) is 0 Å². The summed E-state index contributed by atoms with van der Waals surface area (Å²) in [4.78, 5) is 27.9. The van der Waals surface area contributed by atoms with E-state index in [1.54, 1.807) is 50.2 Å². The van der Waals surface area contributed by atoms with E-state index < -0.39 is 28.5 Å².